The van der Waals surface area contributed by atoms with Gasteiger partial charge in [-0.15, -0.1) is 11.8 Å². The quantitative estimate of drug-likeness (QED) is 0.0494. The third-order valence-corrected chi connectivity index (χ3v) is 9.22. The van der Waals surface area contributed by atoms with Crippen LogP contribution in [0.4, 0.5) is 0 Å². The largest absolute Gasteiger partial charge is 0.425 e. The summed E-state index contributed by atoms with van der Waals surface area (Å²) in [6, 6.07) is 21.0. The highest BCUT2D eigenvalue weighted by Gasteiger charge is 2.26. The number of carbonyl (C=O) groups is 2. The minimum Gasteiger partial charge on any atom is -0.425 e. The number of benzene rings is 3. The molecular weight excluding hydrogens is 642 g/mol. The second-order valence-electron chi connectivity index (χ2n) is 10.7. The first-order chi connectivity index (χ1) is 21.4. The topological polar surface area (TPSA) is 83.8 Å². The monoisotopic (exact) mass is 677 g/mol. The Hall–Kier alpha value is -3.24. The first-order valence-corrected chi connectivity index (χ1v) is 16.8. The Morgan fingerprint density at radius 1 is 1.05 bits per heavy atom. The van der Waals surface area contributed by atoms with Gasteiger partial charge in [0.2, 0.25) is 0 Å². The summed E-state index contributed by atoms with van der Waals surface area (Å²) in [4.78, 5) is 41.0. The van der Waals surface area contributed by atoms with Crippen molar-refractivity contribution in [3.63, 3.8) is 0 Å². The van der Waals surface area contributed by atoms with Gasteiger partial charge >= 0.3 is 5.97 Å². The maximum Gasteiger partial charge on any atom is 0.308 e. The van der Waals surface area contributed by atoms with Gasteiger partial charge in [0.25, 0.3) is 5.56 Å². The predicted molar refractivity (Wildman–Crippen MR) is 178 cm³/mol. The molecule has 7 nitrogen and oxygen atoms in total. The summed E-state index contributed by atoms with van der Waals surface area (Å²) in [7, 11) is 0. The van der Waals surface area contributed by atoms with Crippen LogP contribution in [0.3, 0.4) is 0 Å². The van der Waals surface area contributed by atoms with Crippen molar-refractivity contribution in [2.45, 2.75) is 63.7 Å². The number of nitrogens with zero attached hydrogens (tertiary/aromatic N) is 1. The van der Waals surface area contributed by atoms with E-state index >= 15 is 0 Å². The molecule has 1 fully saturated rings. The fourth-order valence-corrected chi connectivity index (χ4v) is 6.64. The van der Waals surface area contributed by atoms with Gasteiger partial charge in [0.15, 0.2) is 17.8 Å². The molecule has 44 heavy (non-hydrogen) atoms. The molecule has 1 aliphatic heterocycles. The maximum absolute atomic E-state index is 14.1. The molecule has 0 bridgehead atoms. The van der Waals surface area contributed by atoms with Crippen LogP contribution in [0.2, 0.25) is 0 Å². The number of carbonyl (C=O) groups excluding carboxylic acids is 2. The molecule has 0 amide bonds. The van der Waals surface area contributed by atoms with E-state index < -0.39 is 5.97 Å². The van der Waals surface area contributed by atoms with Crippen LogP contribution in [-0.2, 0) is 20.8 Å². The van der Waals surface area contributed by atoms with Crippen molar-refractivity contribution in [1.82, 2.24) is 4.57 Å². The van der Waals surface area contributed by atoms with Crippen LogP contribution < -0.4 is 10.3 Å². The number of hydrogen-bond acceptors (Lipinski definition) is 7. The first kappa shape index (κ1) is 32.2. The summed E-state index contributed by atoms with van der Waals surface area (Å²) in [6.07, 6.45) is 4.31. The fourth-order valence-electron chi connectivity index (χ4n) is 5.40. The minimum absolute atomic E-state index is 0.0618. The van der Waals surface area contributed by atoms with Crippen LogP contribution in [0.1, 0.15) is 62.0 Å². The highest BCUT2D eigenvalue weighted by molar-refractivity contribution is 9.10. The summed E-state index contributed by atoms with van der Waals surface area (Å²) in [5.41, 5.74) is 2.19. The van der Waals surface area contributed by atoms with Crippen molar-refractivity contribution >= 4 is 50.2 Å². The number of ether oxygens (including phenoxy) is 3. The summed E-state index contributed by atoms with van der Waals surface area (Å²) in [5.74, 6) is 0.450. The van der Waals surface area contributed by atoms with E-state index in [1.54, 1.807) is 35.4 Å². The Morgan fingerprint density at radius 2 is 1.82 bits per heavy atom. The second kappa shape index (κ2) is 15.2. The van der Waals surface area contributed by atoms with Crippen LogP contribution in [0.25, 0.3) is 21.9 Å². The number of rotatable bonds is 12. The molecule has 2 heterocycles. The Balaban J connectivity index is 1.47. The van der Waals surface area contributed by atoms with Crippen molar-refractivity contribution < 1.29 is 23.8 Å². The Morgan fingerprint density at radius 3 is 2.50 bits per heavy atom. The lowest BCUT2D eigenvalue weighted by Gasteiger charge is -2.22. The second-order valence-corrected chi connectivity index (χ2v) is 12.7. The number of fused-ring (bicyclic) bond motifs is 1. The van der Waals surface area contributed by atoms with Gasteiger partial charge in [-0.2, -0.15) is 0 Å². The standard InChI is InChI=1S/C35H36BrNO6S/c1-3-29(39)33-31(25-10-5-4-6-11-25)32-27(17-18-28(36)34(32)43-23(2)38)35(40)37(33)22-24-13-15-26(16-14-24)44-21-9-20-42-30-12-7-8-19-41-30/h4-6,10-11,13-18,30H,3,7-9,12,19-22H2,1-2H3. The highest BCUT2D eigenvalue weighted by Crippen LogP contribution is 2.41. The molecule has 0 radical (unpaired) electrons. The number of pyridine rings is 1. The average Bonchev–Trinajstić information content (AvgIpc) is 3.04. The van der Waals surface area contributed by atoms with E-state index in [0.29, 0.717) is 33.1 Å². The van der Waals surface area contributed by atoms with Gasteiger partial charge in [-0.3, -0.25) is 19.0 Å². The highest BCUT2D eigenvalue weighted by atomic mass is 79.9. The van der Waals surface area contributed by atoms with E-state index in [1.165, 1.54) is 6.92 Å². The van der Waals surface area contributed by atoms with Gasteiger partial charge in [0.1, 0.15) is 0 Å². The van der Waals surface area contributed by atoms with E-state index in [1.807, 2.05) is 54.6 Å². The number of halogens is 1. The van der Waals surface area contributed by atoms with Gasteiger partial charge in [0.05, 0.1) is 28.7 Å². The molecule has 1 aliphatic rings. The zero-order valence-corrected chi connectivity index (χ0v) is 27.4. The van der Waals surface area contributed by atoms with Gasteiger partial charge in [-0.1, -0.05) is 49.4 Å². The molecule has 0 N–H and O–H groups in total. The molecule has 0 saturated carbocycles. The molecule has 4 aromatic rings. The molecule has 0 spiro atoms. The number of hydrogen-bond donors (Lipinski definition) is 0. The molecule has 1 saturated heterocycles. The molecule has 0 aliphatic carbocycles. The van der Waals surface area contributed by atoms with Crippen molar-refractivity contribution in [2.75, 3.05) is 19.0 Å². The van der Waals surface area contributed by atoms with Crippen molar-refractivity contribution in [3.8, 4) is 16.9 Å². The minimum atomic E-state index is -0.520. The summed E-state index contributed by atoms with van der Waals surface area (Å²) in [6.45, 7) is 4.77. The van der Waals surface area contributed by atoms with E-state index in [9.17, 15) is 14.4 Å². The lowest BCUT2D eigenvalue weighted by atomic mass is 9.93. The first-order valence-electron chi connectivity index (χ1n) is 15.0. The van der Waals surface area contributed by atoms with Crippen LogP contribution >= 0.6 is 27.7 Å². The number of Topliss-reactive ketones (excluding diaryl/α,β-unsaturated/α-hetero) is 1. The summed E-state index contributed by atoms with van der Waals surface area (Å²) in [5, 5.41) is 0.800. The normalized spacial score (nSPS) is 14.9. The van der Waals surface area contributed by atoms with Crippen LogP contribution in [-0.4, -0.2) is 41.6 Å². The van der Waals surface area contributed by atoms with E-state index in [4.69, 9.17) is 14.2 Å². The Labute approximate surface area is 270 Å². The van der Waals surface area contributed by atoms with Gasteiger partial charge in [-0.25, -0.2) is 0 Å². The van der Waals surface area contributed by atoms with E-state index in [0.717, 1.165) is 54.1 Å². The molecule has 5 rings (SSSR count). The maximum atomic E-state index is 14.1. The molecule has 1 atom stereocenters. The van der Waals surface area contributed by atoms with Crippen LogP contribution in [0.15, 0.2) is 80.9 Å². The molecule has 3 aromatic carbocycles. The number of aromatic nitrogens is 1. The van der Waals surface area contributed by atoms with E-state index in [2.05, 4.69) is 15.9 Å². The zero-order chi connectivity index (χ0) is 31.1. The number of esters is 1. The molecule has 1 unspecified atom stereocenters. The number of ketones is 1. The van der Waals surface area contributed by atoms with Crippen molar-refractivity contribution in [2.24, 2.45) is 0 Å². The average molecular weight is 679 g/mol. The smallest absolute Gasteiger partial charge is 0.308 e. The zero-order valence-electron chi connectivity index (χ0n) is 25.0. The Bertz CT molecular complexity index is 1680. The molecular formula is C35H36BrNO6S. The van der Waals surface area contributed by atoms with Crippen LogP contribution in [0, 0.1) is 0 Å². The summed E-state index contributed by atoms with van der Waals surface area (Å²) >= 11 is 5.25. The van der Waals surface area contributed by atoms with Crippen molar-refractivity contribution in [1.29, 1.82) is 0 Å². The Kier molecular flexibility index (Phi) is 11.1. The third kappa shape index (κ3) is 7.51. The number of thioether (sulfide) groups is 1. The molecule has 230 valence electrons. The van der Waals surface area contributed by atoms with Crippen molar-refractivity contribution in [3.05, 3.63) is 92.8 Å². The lowest BCUT2D eigenvalue weighted by Crippen LogP contribution is -2.28. The third-order valence-electron chi connectivity index (χ3n) is 7.50. The van der Waals surface area contributed by atoms with Crippen LogP contribution in [0.5, 0.6) is 5.75 Å². The fraction of sp³-hybridized carbons (Fsp3) is 0.343. The summed E-state index contributed by atoms with van der Waals surface area (Å²) < 4.78 is 19.2. The van der Waals surface area contributed by atoms with Gasteiger partial charge in [-0.05, 0) is 77.0 Å². The van der Waals surface area contributed by atoms with Gasteiger partial charge in [0, 0.05) is 41.5 Å². The van der Waals surface area contributed by atoms with E-state index in [-0.39, 0.29) is 36.3 Å². The molecule has 1 aromatic heterocycles. The van der Waals surface area contributed by atoms with Gasteiger partial charge < -0.3 is 14.2 Å². The SMILES string of the molecule is CCC(=O)c1c(-c2ccccc2)c2c(OC(C)=O)c(Br)ccc2c(=O)n1Cc1ccc(SCCCOC2CCCCO2)cc1. The predicted octanol–water partition coefficient (Wildman–Crippen LogP) is 8.02. The molecule has 9 heteroatoms. The lowest BCUT2D eigenvalue weighted by molar-refractivity contribution is -0.162.